The Labute approximate surface area is 129 Å². The van der Waals surface area contributed by atoms with Crippen molar-refractivity contribution in [1.82, 2.24) is 4.98 Å². The molecule has 0 aliphatic carbocycles. The Hall–Kier alpha value is -0.923. The SMILES string of the molecule is CC(C)(C)[Si](C)(C)OCCCS(=O)(=O)c1ccc(N)nc1. The second-order valence-electron chi connectivity index (χ2n) is 6.70. The first-order valence-electron chi connectivity index (χ1n) is 7.04. The zero-order valence-corrected chi connectivity index (χ0v) is 15.3. The van der Waals surface area contributed by atoms with Crippen LogP contribution in [-0.2, 0) is 14.3 Å². The van der Waals surface area contributed by atoms with Gasteiger partial charge in [-0.1, -0.05) is 20.8 Å². The number of rotatable bonds is 6. The zero-order chi connectivity index (χ0) is 16.3. The number of sulfone groups is 1. The van der Waals surface area contributed by atoms with E-state index in [1.54, 1.807) is 0 Å². The molecular formula is C14H26N2O3SSi. The summed E-state index contributed by atoms with van der Waals surface area (Å²) >= 11 is 0. The fourth-order valence-corrected chi connectivity index (χ4v) is 3.80. The molecule has 0 saturated heterocycles. The molecule has 0 amide bonds. The quantitative estimate of drug-likeness (QED) is 0.640. The van der Waals surface area contributed by atoms with Gasteiger partial charge in [0.15, 0.2) is 18.2 Å². The van der Waals surface area contributed by atoms with Gasteiger partial charge in [0, 0.05) is 12.8 Å². The van der Waals surface area contributed by atoms with Gasteiger partial charge in [-0.05, 0) is 36.7 Å². The van der Waals surface area contributed by atoms with Crippen LogP contribution in [0.4, 0.5) is 5.82 Å². The monoisotopic (exact) mass is 330 g/mol. The highest BCUT2D eigenvalue weighted by Crippen LogP contribution is 2.36. The molecule has 21 heavy (non-hydrogen) atoms. The van der Waals surface area contributed by atoms with Crippen LogP contribution in [0.2, 0.25) is 18.1 Å². The predicted octanol–water partition coefficient (Wildman–Crippen LogP) is 2.85. The lowest BCUT2D eigenvalue weighted by Gasteiger charge is -2.36. The van der Waals surface area contributed by atoms with Crippen LogP contribution < -0.4 is 5.73 Å². The van der Waals surface area contributed by atoms with Gasteiger partial charge in [-0.25, -0.2) is 13.4 Å². The Kier molecular flexibility index (Phi) is 5.57. The van der Waals surface area contributed by atoms with Gasteiger partial charge >= 0.3 is 0 Å². The summed E-state index contributed by atoms with van der Waals surface area (Å²) in [5, 5.41) is 0.132. The third-order valence-corrected chi connectivity index (χ3v) is 10.3. The first-order chi connectivity index (χ1) is 9.46. The summed E-state index contributed by atoms with van der Waals surface area (Å²) in [4.78, 5) is 4.03. The molecule has 0 atom stereocenters. The first kappa shape index (κ1) is 18.1. The van der Waals surface area contributed by atoms with Gasteiger partial charge in [0.25, 0.3) is 0 Å². The Morgan fingerprint density at radius 3 is 2.38 bits per heavy atom. The molecule has 1 heterocycles. The number of nitrogen functional groups attached to an aromatic ring is 1. The molecule has 0 saturated carbocycles. The van der Waals surface area contributed by atoms with Gasteiger partial charge in [0.1, 0.15) is 5.82 Å². The van der Waals surface area contributed by atoms with Crippen LogP contribution in [0.1, 0.15) is 27.2 Å². The molecule has 2 N–H and O–H groups in total. The van der Waals surface area contributed by atoms with E-state index >= 15 is 0 Å². The summed E-state index contributed by atoms with van der Waals surface area (Å²) in [5.74, 6) is 0.378. The van der Waals surface area contributed by atoms with E-state index in [2.05, 4.69) is 38.8 Å². The molecular weight excluding hydrogens is 304 g/mol. The van der Waals surface area contributed by atoms with Crippen molar-refractivity contribution in [2.75, 3.05) is 18.1 Å². The van der Waals surface area contributed by atoms with E-state index in [1.165, 1.54) is 18.3 Å². The lowest BCUT2D eigenvalue weighted by atomic mass is 10.2. The van der Waals surface area contributed by atoms with Crippen molar-refractivity contribution < 1.29 is 12.8 Å². The Bertz CT molecular complexity index is 563. The predicted molar refractivity (Wildman–Crippen MR) is 88.5 cm³/mol. The van der Waals surface area contributed by atoms with Gasteiger partial charge in [-0.2, -0.15) is 0 Å². The molecule has 0 aromatic carbocycles. The molecule has 5 nitrogen and oxygen atoms in total. The number of anilines is 1. The topological polar surface area (TPSA) is 82.3 Å². The van der Waals surface area contributed by atoms with Crippen molar-refractivity contribution in [3.8, 4) is 0 Å². The summed E-state index contributed by atoms with van der Waals surface area (Å²) in [5.41, 5.74) is 5.46. The maximum atomic E-state index is 12.1. The molecule has 0 unspecified atom stereocenters. The van der Waals surface area contributed by atoms with E-state index in [-0.39, 0.29) is 15.7 Å². The highest BCUT2D eigenvalue weighted by atomic mass is 32.2. The van der Waals surface area contributed by atoms with Gasteiger partial charge in [-0.15, -0.1) is 0 Å². The van der Waals surface area contributed by atoms with Crippen LogP contribution in [0.5, 0.6) is 0 Å². The van der Waals surface area contributed by atoms with E-state index in [0.717, 1.165) is 0 Å². The molecule has 0 aliphatic rings. The average molecular weight is 331 g/mol. The lowest BCUT2D eigenvalue weighted by molar-refractivity contribution is 0.288. The van der Waals surface area contributed by atoms with Gasteiger partial charge in [0.2, 0.25) is 0 Å². The standard InChI is InChI=1S/C14H26N2O3SSi/c1-14(2,3)21(4,5)19-9-6-10-20(17,18)12-7-8-13(15)16-11-12/h7-8,11H,6,9-10H2,1-5H3,(H2,15,16). The zero-order valence-electron chi connectivity index (χ0n) is 13.5. The van der Waals surface area contributed by atoms with E-state index < -0.39 is 18.2 Å². The number of hydrogen-bond acceptors (Lipinski definition) is 5. The van der Waals surface area contributed by atoms with Crippen molar-refractivity contribution in [1.29, 1.82) is 0 Å². The highest BCUT2D eigenvalue weighted by Gasteiger charge is 2.36. The van der Waals surface area contributed by atoms with Crippen LogP contribution in [0.25, 0.3) is 0 Å². The van der Waals surface area contributed by atoms with Crippen LogP contribution in [0, 0.1) is 0 Å². The molecule has 120 valence electrons. The van der Waals surface area contributed by atoms with Crippen molar-refractivity contribution in [3.05, 3.63) is 18.3 Å². The fraction of sp³-hybridized carbons (Fsp3) is 0.643. The fourth-order valence-electron chi connectivity index (χ4n) is 1.49. The number of pyridine rings is 1. The minimum absolute atomic E-state index is 0.0627. The van der Waals surface area contributed by atoms with Gasteiger partial charge < -0.3 is 10.2 Å². The summed E-state index contributed by atoms with van der Waals surface area (Å²) in [6, 6.07) is 2.99. The van der Waals surface area contributed by atoms with Crippen LogP contribution in [-0.4, -0.2) is 34.1 Å². The molecule has 0 fully saturated rings. The third-order valence-electron chi connectivity index (χ3n) is 3.94. The average Bonchev–Trinajstić information content (AvgIpc) is 2.34. The maximum absolute atomic E-state index is 12.1. The summed E-state index contributed by atoms with van der Waals surface area (Å²) < 4.78 is 30.3. The molecule has 0 aliphatic heterocycles. The van der Waals surface area contributed by atoms with Crippen molar-refractivity contribution in [3.63, 3.8) is 0 Å². The molecule has 1 aromatic rings. The normalized spacial score (nSPS) is 13.4. The summed E-state index contributed by atoms with van der Waals surface area (Å²) in [7, 11) is -5.12. The highest BCUT2D eigenvalue weighted by molar-refractivity contribution is 7.91. The molecule has 1 aromatic heterocycles. The molecule has 7 heteroatoms. The van der Waals surface area contributed by atoms with Crippen molar-refractivity contribution >= 4 is 24.0 Å². The Balaban J connectivity index is 2.54. The van der Waals surface area contributed by atoms with E-state index in [0.29, 0.717) is 18.8 Å². The number of nitrogens with zero attached hydrogens (tertiary/aromatic N) is 1. The minimum atomic E-state index is -3.31. The smallest absolute Gasteiger partial charge is 0.191 e. The number of hydrogen-bond donors (Lipinski definition) is 1. The number of aromatic nitrogens is 1. The van der Waals surface area contributed by atoms with Crippen molar-refractivity contribution in [2.45, 2.75) is 50.2 Å². The molecule has 1 rings (SSSR count). The van der Waals surface area contributed by atoms with E-state index in [1.807, 2.05) is 0 Å². The molecule has 0 spiro atoms. The van der Waals surface area contributed by atoms with Gasteiger partial charge in [0.05, 0.1) is 10.6 Å². The van der Waals surface area contributed by atoms with Crippen molar-refractivity contribution in [2.24, 2.45) is 0 Å². The minimum Gasteiger partial charge on any atom is -0.417 e. The second kappa shape index (κ2) is 6.45. The van der Waals surface area contributed by atoms with E-state index in [4.69, 9.17) is 10.2 Å². The number of nitrogens with two attached hydrogens (primary N) is 1. The summed E-state index contributed by atoms with van der Waals surface area (Å²) in [6.07, 6.45) is 1.79. The van der Waals surface area contributed by atoms with Gasteiger partial charge in [-0.3, -0.25) is 0 Å². The Morgan fingerprint density at radius 1 is 1.29 bits per heavy atom. The van der Waals surface area contributed by atoms with Crippen LogP contribution in [0.3, 0.4) is 0 Å². The van der Waals surface area contributed by atoms with Crippen LogP contribution in [0.15, 0.2) is 23.2 Å². The maximum Gasteiger partial charge on any atom is 0.191 e. The molecule has 0 bridgehead atoms. The van der Waals surface area contributed by atoms with E-state index in [9.17, 15) is 8.42 Å². The Morgan fingerprint density at radius 2 is 1.90 bits per heavy atom. The summed E-state index contributed by atoms with van der Waals surface area (Å²) in [6.45, 7) is 11.3. The lowest BCUT2D eigenvalue weighted by Crippen LogP contribution is -2.41. The molecule has 0 radical (unpaired) electrons. The van der Waals surface area contributed by atoms with Crippen LogP contribution >= 0.6 is 0 Å². The first-order valence-corrected chi connectivity index (χ1v) is 11.6. The third kappa shape index (κ3) is 5.08. The second-order valence-corrected chi connectivity index (χ2v) is 13.6. The largest absolute Gasteiger partial charge is 0.417 e.